The Morgan fingerprint density at radius 3 is 2.36 bits per heavy atom. The summed E-state index contributed by atoms with van der Waals surface area (Å²) in [6.07, 6.45) is -5.01. The van der Waals surface area contributed by atoms with Crippen LogP contribution in [0.4, 0.5) is 13.2 Å². The van der Waals surface area contributed by atoms with E-state index in [1.165, 1.54) is 48.5 Å². The zero-order valence-corrected chi connectivity index (χ0v) is 17.7. The Morgan fingerprint density at radius 1 is 0.970 bits per heavy atom. The molecule has 0 aliphatic carbocycles. The quantitative estimate of drug-likeness (QED) is 0.241. The lowest BCUT2D eigenvalue weighted by Crippen LogP contribution is -2.15. The van der Waals surface area contributed by atoms with Gasteiger partial charge in [0.15, 0.2) is 0 Å². The molecule has 168 valence electrons. The SMILES string of the molecule is Cc1cccc(Oc2c(C(F)(F)F)oc3cc(OC(=O)c4ccc(Cl)cc4)ccc3c2=O)c1. The van der Waals surface area contributed by atoms with E-state index in [9.17, 15) is 22.8 Å². The van der Waals surface area contributed by atoms with Crippen LogP contribution in [-0.2, 0) is 6.18 Å². The first-order valence-corrected chi connectivity index (χ1v) is 9.90. The molecule has 1 aromatic heterocycles. The van der Waals surface area contributed by atoms with Crippen LogP contribution in [0.25, 0.3) is 11.0 Å². The van der Waals surface area contributed by atoms with Crippen LogP contribution in [-0.4, -0.2) is 5.97 Å². The van der Waals surface area contributed by atoms with Crippen molar-refractivity contribution in [3.05, 3.63) is 98.9 Å². The largest absolute Gasteiger partial charge is 0.453 e. The van der Waals surface area contributed by atoms with Crippen molar-refractivity contribution in [2.75, 3.05) is 0 Å². The van der Waals surface area contributed by atoms with Gasteiger partial charge in [-0.2, -0.15) is 13.2 Å². The first kappa shape index (κ1) is 22.4. The molecule has 4 rings (SSSR count). The summed E-state index contributed by atoms with van der Waals surface area (Å²) in [6, 6.07) is 15.6. The first-order chi connectivity index (χ1) is 15.6. The summed E-state index contributed by atoms with van der Waals surface area (Å²) in [6.45, 7) is 1.73. The van der Waals surface area contributed by atoms with Crippen molar-refractivity contribution in [1.82, 2.24) is 0 Å². The van der Waals surface area contributed by atoms with Crippen LogP contribution in [0.2, 0.25) is 5.02 Å². The van der Waals surface area contributed by atoms with E-state index in [2.05, 4.69) is 0 Å². The second kappa shape index (κ2) is 8.63. The van der Waals surface area contributed by atoms with E-state index in [1.807, 2.05) is 0 Å². The normalized spacial score (nSPS) is 11.4. The number of carbonyl (C=O) groups excluding carboxylic acids is 1. The number of ether oxygens (including phenoxy) is 2. The van der Waals surface area contributed by atoms with Gasteiger partial charge in [-0.15, -0.1) is 0 Å². The van der Waals surface area contributed by atoms with Gasteiger partial charge >= 0.3 is 12.1 Å². The van der Waals surface area contributed by atoms with Crippen molar-refractivity contribution in [1.29, 1.82) is 0 Å². The van der Waals surface area contributed by atoms with E-state index in [0.29, 0.717) is 5.02 Å². The molecule has 3 aromatic carbocycles. The predicted octanol–water partition coefficient (Wildman–Crippen LogP) is 6.79. The van der Waals surface area contributed by atoms with E-state index in [0.717, 1.165) is 11.6 Å². The van der Waals surface area contributed by atoms with E-state index in [1.54, 1.807) is 19.1 Å². The molecular formula is C24H14ClF3O5. The zero-order chi connectivity index (χ0) is 23.8. The van der Waals surface area contributed by atoms with Crippen LogP contribution < -0.4 is 14.9 Å². The summed E-state index contributed by atoms with van der Waals surface area (Å²) in [5.41, 5.74) is -0.511. The second-order valence-electron chi connectivity index (χ2n) is 7.06. The average molecular weight is 475 g/mol. The van der Waals surface area contributed by atoms with Crippen molar-refractivity contribution in [3.63, 3.8) is 0 Å². The lowest BCUT2D eigenvalue weighted by Gasteiger charge is -2.14. The molecule has 0 fully saturated rings. The second-order valence-corrected chi connectivity index (χ2v) is 7.50. The minimum Gasteiger partial charge on any atom is -0.449 e. The Balaban J connectivity index is 1.75. The summed E-state index contributed by atoms with van der Waals surface area (Å²) in [7, 11) is 0. The van der Waals surface area contributed by atoms with Gasteiger partial charge in [-0.05, 0) is 61.0 Å². The third-order valence-corrected chi connectivity index (χ3v) is 4.83. The molecule has 0 bridgehead atoms. The van der Waals surface area contributed by atoms with Crippen LogP contribution in [0, 0.1) is 6.92 Å². The predicted molar refractivity (Wildman–Crippen MR) is 115 cm³/mol. The number of fused-ring (bicyclic) bond motifs is 1. The minimum absolute atomic E-state index is 0.0562. The van der Waals surface area contributed by atoms with Gasteiger partial charge in [0, 0.05) is 11.1 Å². The third kappa shape index (κ3) is 4.85. The third-order valence-electron chi connectivity index (χ3n) is 4.58. The number of carbonyl (C=O) groups is 1. The molecule has 0 radical (unpaired) electrons. The highest BCUT2D eigenvalue weighted by Gasteiger charge is 2.40. The summed E-state index contributed by atoms with van der Waals surface area (Å²) in [5.74, 6) is -3.38. The van der Waals surface area contributed by atoms with Gasteiger partial charge in [0.1, 0.15) is 17.1 Å². The number of halogens is 4. The van der Waals surface area contributed by atoms with Crippen molar-refractivity contribution in [2.45, 2.75) is 13.1 Å². The summed E-state index contributed by atoms with van der Waals surface area (Å²) in [4.78, 5) is 25.1. The fourth-order valence-electron chi connectivity index (χ4n) is 3.05. The molecule has 0 saturated heterocycles. The van der Waals surface area contributed by atoms with Crippen molar-refractivity contribution in [3.8, 4) is 17.2 Å². The van der Waals surface area contributed by atoms with Gasteiger partial charge in [0.25, 0.3) is 5.76 Å². The summed E-state index contributed by atoms with van der Waals surface area (Å²) < 4.78 is 56.6. The fourth-order valence-corrected chi connectivity index (χ4v) is 3.17. The number of esters is 1. The van der Waals surface area contributed by atoms with Crippen molar-refractivity contribution >= 4 is 28.5 Å². The number of benzene rings is 3. The first-order valence-electron chi connectivity index (χ1n) is 9.52. The van der Waals surface area contributed by atoms with E-state index in [4.69, 9.17) is 25.5 Å². The number of hydrogen-bond donors (Lipinski definition) is 0. The monoisotopic (exact) mass is 474 g/mol. The van der Waals surface area contributed by atoms with Gasteiger partial charge in [0.05, 0.1) is 10.9 Å². The molecule has 0 saturated carbocycles. The standard InChI is InChI=1S/C24H14ClF3O5/c1-13-3-2-4-16(11-13)31-21-20(29)18-10-9-17(12-19(18)33-22(21)24(26,27)28)32-23(30)14-5-7-15(25)8-6-14/h2-12H,1H3. The molecule has 0 spiro atoms. The van der Waals surface area contributed by atoms with Crippen LogP contribution >= 0.6 is 11.6 Å². The average Bonchev–Trinajstić information content (AvgIpc) is 2.75. The van der Waals surface area contributed by atoms with Crippen LogP contribution in [0.15, 0.2) is 75.9 Å². The maximum Gasteiger partial charge on any atom is 0.453 e. The Bertz CT molecular complexity index is 1410. The zero-order valence-electron chi connectivity index (χ0n) is 16.9. The smallest absolute Gasteiger partial charge is 0.449 e. The highest BCUT2D eigenvalue weighted by atomic mass is 35.5. The van der Waals surface area contributed by atoms with Gasteiger partial charge in [-0.3, -0.25) is 4.79 Å². The number of alkyl halides is 3. The molecule has 33 heavy (non-hydrogen) atoms. The molecular weight excluding hydrogens is 461 g/mol. The summed E-state index contributed by atoms with van der Waals surface area (Å²) >= 11 is 5.78. The number of hydrogen-bond acceptors (Lipinski definition) is 5. The highest BCUT2D eigenvalue weighted by molar-refractivity contribution is 6.30. The van der Waals surface area contributed by atoms with E-state index < -0.39 is 34.7 Å². The van der Waals surface area contributed by atoms with Gasteiger partial charge in [-0.1, -0.05) is 23.7 Å². The van der Waals surface area contributed by atoms with E-state index >= 15 is 0 Å². The molecule has 9 heteroatoms. The molecule has 1 heterocycles. The lowest BCUT2D eigenvalue weighted by molar-refractivity contribution is -0.154. The Labute approximate surface area is 189 Å². The van der Waals surface area contributed by atoms with Gasteiger partial charge in [0.2, 0.25) is 11.2 Å². The number of rotatable bonds is 4. The molecule has 0 atom stereocenters. The van der Waals surface area contributed by atoms with Gasteiger partial charge < -0.3 is 13.9 Å². The Morgan fingerprint density at radius 2 is 1.70 bits per heavy atom. The van der Waals surface area contributed by atoms with Crippen LogP contribution in [0.5, 0.6) is 17.2 Å². The number of aryl methyl sites for hydroxylation is 1. The molecule has 4 aromatic rings. The fraction of sp³-hybridized carbons (Fsp3) is 0.0833. The van der Waals surface area contributed by atoms with Crippen molar-refractivity contribution < 1.29 is 31.9 Å². The maximum atomic E-state index is 13.7. The lowest BCUT2D eigenvalue weighted by atomic mass is 10.2. The molecule has 0 aliphatic heterocycles. The topological polar surface area (TPSA) is 65.7 Å². The summed E-state index contributed by atoms with van der Waals surface area (Å²) in [5, 5.41) is 0.249. The maximum absolute atomic E-state index is 13.7. The Kier molecular flexibility index (Phi) is 5.86. The molecule has 0 amide bonds. The molecule has 0 unspecified atom stereocenters. The highest BCUT2D eigenvalue weighted by Crippen LogP contribution is 2.38. The van der Waals surface area contributed by atoms with Gasteiger partial charge in [-0.25, -0.2) is 4.79 Å². The van der Waals surface area contributed by atoms with Crippen LogP contribution in [0.1, 0.15) is 21.7 Å². The minimum atomic E-state index is -5.01. The van der Waals surface area contributed by atoms with Crippen molar-refractivity contribution in [2.24, 2.45) is 0 Å². The molecule has 0 aliphatic rings. The molecule has 0 N–H and O–H groups in total. The Hall–Kier alpha value is -3.78. The van der Waals surface area contributed by atoms with Crippen LogP contribution in [0.3, 0.4) is 0 Å². The van der Waals surface area contributed by atoms with E-state index in [-0.39, 0.29) is 22.4 Å². The molecule has 5 nitrogen and oxygen atoms in total.